The van der Waals surface area contributed by atoms with E-state index in [1.54, 1.807) is 6.92 Å². The molecule has 0 radical (unpaired) electrons. The number of ether oxygens (including phenoxy) is 3. The third-order valence-electron chi connectivity index (χ3n) is 5.06. The van der Waals surface area contributed by atoms with Crippen molar-refractivity contribution in [2.24, 2.45) is 0 Å². The van der Waals surface area contributed by atoms with E-state index in [4.69, 9.17) is 14.2 Å². The third kappa shape index (κ3) is 7.33. The van der Waals surface area contributed by atoms with Crippen LogP contribution in [0.25, 0.3) is 0 Å². The van der Waals surface area contributed by atoms with Gasteiger partial charge in [-0.3, -0.25) is 14.5 Å². The molecule has 0 N–H and O–H groups in total. The number of nitrogens with zero attached hydrogens (tertiary/aromatic N) is 1. The van der Waals surface area contributed by atoms with Crippen LogP contribution in [0.15, 0.2) is 12.7 Å². The van der Waals surface area contributed by atoms with Gasteiger partial charge < -0.3 is 14.2 Å². The topological polar surface area (TPSA) is 82.1 Å². The van der Waals surface area contributed by atoms with E-state index in [1.165, 1.54) is 0 Å². The number of carbonyl (C=O) groups is 3. The molecule has 0 aliphatic carbocycles. The molecule has 1 fully saturated rings. The Labute approximate surface area is 162 Å². The SMILES string of the molecule is C=CC(=O)OC(C)COC(=O)CCC(=O)OC1CC(C)(C)N(C)C(C)(C)C1. The van der Waals surface area contributed by atoms with Gasteiger partial charge in [-0.2, -0.15) is 0 Å². The molecule has 0 aromatic rings. The maximum Gasteiger partial charge on any atom is 0.330 e. The van der Waals surface area contributed by atoms with Crippen LogP contribution in [0.4, 0.5) is 0 Å². The molecule has 0 spiro atoms. The predicted molar refractivity (Wildman–Crippen MR) is 101 cm³/mol. The van der Waals surface area contributed by atoms with Gasteiger partial charge in [-0.05, 0) is 41.7 Å². The molecule has 0 amide bonds. The minimum absolute atomic E-state index is 0.0349. The Morgan fingerprint density at radius 3 is 2.15 bits per heavy atom. The summed E-state index contributed by atoms with van der Waals surface area (Å²) in [6, 6.07) is 0. The van der Waals surface area contributed by atoms with Gasteiger partial charge in [0.05, 0.1) is 12.8 Å². The fourth-order valence-corrected chi connectivity index (χ4v) is 3.37. The predicted octanol–water partition coefficient (Wildman–Crippen LogP) is 2.62. The highest BCUT2D eigenvalue weighted by Gasteiger charge is 2.44. The zero-order valence-corrected chi connectivity index (χ0v) is 17.4. The molecular formula is C20H33NO6. The van der Waals surface area contributed by atoms with Crippen LogP contribution in [0.3, 0.4) is 0 Å². The van der Waals surface area contributed by atoms with Gasteiger partial charge in [0.25, 0.3) is 0 Å². The third-order valence-corrected chi connectivity index (χ3v) is 5.06. The first-order valence-corrected chi connectivity index (χ1v) is 9.29. The Balaban J connectivity index is 2.37. The molecule has 7 nitrogen and oxygen atoms in total. The number of hydrogen-bond acceptors (Lipinski definition) is 7. The Hall–Kier alpha value is -1.89. The number of likely N-dealkylation sites (tertiary alicyclic amines) is 1. The van der Waals surface area contributed by atoms with E-state index >= 15 is 0 Å². The summed E-state index contributed by atoms with van der Waals surface area (Å²) in [5.74, 6) is -1.51. The summed E-state index contributed by atoms with van der Waals surface area (Å²) in [6.45, 7) is 13.4. The Morgan fingerprint density at radius 2 is 1.63 bits per heavy atom. The molecule has 0 aromatic heterocycles. The smallest absolute Gasteiger partial charge is 0.330 e. The first kappa shape index (κ1) is 23.1. The summed E-state index contributed by atoms with van der Waals surface area (Å²) < 4.78 is 15.5. The number of rotatable bonds is 8. The standard InChI is InChI=1S/C20H33NO6/c1-8-16(22)26-14(2)13-25-17(23)9-10-18(24)27-15-11-19(3,4)21(7)20(5,6)12-15/h8,14-15H,1,9-13H2,2-7H3. The van der Waals surface area contributed by atoms with Crippen LogP contribution in [0, 0.1) is 0 Å². The van der Waals surface area contributed by atoms with Crippen LogP contribution in [0.5, 0.6) is 0 Å². The number of esters is 3. The van der Waals surface area contributed by atoms with E-state index in [0.717, 1.165) is 18.9 Å². The fraction of sp³-hybridized carbons (Fsp3) is 0.750. The fourth-order valence-electron chi connectivity index (χ4n) is 3.37. The molecule has 154 valence electrons. The van der Waals surface area contributed by atoms with E-state index in [9.17, 15) is 14.4 Å². The largest absolute Gasteiger partial charge is 0.462 e. The molecule has 1 atom stereocenters. The second kappa shape index (κ2) is 9.35. The summed E-state index contributed by atoms with van der Waals surface area (Å²) in [6.07, 6.45) is 1.68. The molecule has 0 saturated carbocycles. The Bertz CT molecular complexity index is 551. The minimum atomic E-state index is -0.578. The molecular weight excluding hydrogens is 350 g/mol. The highest BCUT2D eigenvalue weighted by Crippen LogP contribution is 2.38. The molecule has 0 bridgehead atoms. The first-order chi connectivity index (χ1) is 12.4. The lowest BCUT2D eigenvalue weighted by Crippen LogP contribution is -2.60. The summed E-state index contributed by atoms with van der Waals surface area (Å²) in [4.78, 5) is 37.2. The van der Waals surface area contributed by atoms with Crippen molar-refractivity contribution >= 4 is 17.9 Å². The second-order valence-corrected chi connectivity index (χ2v) is 8.34. The van der Waals surface area contributed by atoms with Crippen molar-refractivity contribution in [2.75, 3.05) is 13.7 Å². The van der Waals surface area contributed by atoms with Gasteiger partial charge in [0.2, 0.25) is 0 Å². The minimum Gasteiger partial charge on any atom is -0.462 e. The first-order valence-electron chi connectivity index (χ1n) is 9.29. The maximum absolute atomic E-state index is 12.1. The van der Waals surface area contributed by atoms with Crippen molar-refractivity contribution in [2.45, 2.75) is 83.6 Å². The lowest BCUT2D eigenvalue weighted by Gasteiger charge is -2.53. The van der Waals surface area contributed by atoms with E-state index in [2.05, 4.69) is 46.2 Å². The van der Waals surface area contributed by atoms with Crippen molar-refractivity contribution < 1.29 is 28.6 Å². The van der Waals surface area contributed by atoms with E-state index in [-0.39, 0.29) is 36.6 Å². The average Bonchev–Trinajstić information content (AvgIpc) is 2.55. The van der Waals surface area contributed by atoms with Crippen molar-refractivity contribution in [3.8, 4) is 0 Å². The molecule has 1 rings (SSSR count). The summed E-state index contributed by atoms with van der Waals surface area (Å²) in [7, 11) is 2.08. The van der Waals surface area contributed by atoms with Gasteiger partial charge in [-0.25, -0.2) is 4.79 Å². The van der Waals surface area contributed by atoms with Gasteiger partial charge in [0, 0.05) is 30.0 Å². The van der Waals surface area contributed by atoms with Gasteiger partial charge in [-0.15, -0.1) is 0 Å². The van der Waals surface area contributed by atoms with Crippen LogP contribution in [0.1, 0.15) is 60.3 Å². The Kier molecular flexibility index (Phi) is 8.02. The molecule has 1 heterocycles. The van der Waals surface area contributed by atoms with Crippen molar-refractivity contribution in [3.05, 3.63) is 12.7 Å². The monoisotopic (exact) mass is 383 g/mol. The summed E-state index contributed by atoms with van der Waals surface area (Å²) in [5, 5.41) is 0. The lowest BCUT2D eigenvalue weighted by atomic mass is 9.79. The zero-order chi connectivity index (χ0) is 20.8. The van der Waals surface area contributed by atoms with E-state index in [0.29, 0.717) is 0 Å². The summed E-state index contributed by atoms with van der Waals surface area (Å²) in [5.41, 5.74) is -0.157. The number of piperidine rings is 1. The van der Waals surface area contributed by atoms with Crippen LogP contribution in [-0.4, -0.2) is 59.7 Å². The lowest BCUT2D eigenvalue weighted by molar-refractivity contribution is -0.162. The van der Waals surface area contributed by atoms with E-state index in [1.807, 2.05) is 0 Å². The molecule has 1 unspecified atom stereocenters. The van der Waals surface area contributed by atoms with Gasteiger partial charge in [0.1, 0.15) is 18.8 Å². The Morgan fingerprint density at radius 1 is 1.11 bits per heavy atom. The second-order valence-electron chi connectivity index (χ2n) is 8.34. The van der Waals surface area contributed by atoms with Crippen LogP contribution >= 0.6 is 0 Å². The van der Waals surface area contributed by atoms with Gasteiger partial charge in [0.15, 0.2) is 0 Å². The maximum atomic E-state index is 12.1. The van der Waals surface area contributed by atoms with Crippen molar-refractivity contribution in [1.82, 2.24) is 4.90 Å². The molecule has 1 aliphatic rings. The van der Waals surface area contributed by atoms with E-state index < -0.39 is 24.0 Å². The highest BCUT2D eigenvalue weighted by atomic mass is 16.6. The normalized spacial score (nSPS) is 20.4. The van der Waals surface area contributed by atoms with Crippen molar-refractivity contribution in [3.63, 3.8) is 0 Å². The van der Waals surface area contributed by atoms with Gasteiger partial charge in [-0.1, -0.05) is 6.58 Å². The summed E-state index contributed by atoms with van der Waals surface area (Å²) >= 11 is 0. The average molecular weight is 383 g/mol. The van der Waals surface area contributed by atoms with Crippen LogP contribution < -0.4 is 0 Å². The van der Waals surface area contributed by atoms with Gasteiger partial charge >= 0.3 is 17.9 Å². The molecule has 7 heteroatoms. The van der Waals surface area contributed by atoms with Crippen molar-refractivity contribution in [1.29, 1.82) is 0 Å². The van der Waals surface area contributed by atoms with Crippen LogP contribution in [0.2, 0.25) is 0 Å². The molecule has 1 aliphatic heterocycles. The van der Waals surface area contributed by atoms with Crippen LogP contribution in [-0.2, 0) is 28.6 Å². The molecule has 0 aromatic carbocycles. The number of hydrogen-bond donors (Lipinski definition) is 0. The quantitative estimate of drug-likeness (QED) is 0.362. The zero-order valence-electron chi connectivity index (χ0n) is 17.4. The molecule has 1 saturated heterocycles. The highest BCUT2D eigenvalue weighted by molar-refractivity contribution is 5.81. The molecule has 27 heavy (non-hydrogen) atoms. The number of carbonyl (C=O) groups excluding carboxylic acids is 3.